The first-order valence-corrected chi connectivity index (χ1v) is 13.8. The minimum Gasteiger partial charge on any atom is -0.478 e. The van der Waals surface area contributed by atoms with Crippen molar-refractivity contribution in [2.75, 3.05) is 0 Å². The molecule has 0 aliphatic heterocycles. The van der Waals surface area contributed by atoms with Gasteiger partial charge in [-0.05, 0) is 87.9 Å². The number of carboxylic acid groups (broad SMARTS) is 1. The van der Waals surface area contributed by atoms with Crippen LogP contribution in [0.25, 0.3) is 0 Å². The van der Waals surface area contributed by atoms with Gasteiger partial charge >= 0.3 is 12.1 Å². The molecule has 7 nitrogen and oxygen atoms in total. The predicted molar refractivity (Wildman–Crippen MR) is 130 cm³/mol. The van der Waals surface area contributed by atoms with E-state index in [1.54, 1.807) is 13.8 Å². The first-order valence-electron chi connectivity index (χ1n) is 13.8. The quantitative estimate of drug-likeness (QED) is 0.498. The van der Waals surface area contributed by atoms with Crippen LogP contribution in [-0.2, 0) is 19.1 Å². The number of rotatable bonds is 3. The van der Waals surface area contributed by atoms with Crippen LogP contribution < -0.4 is 0 Å². The van der Waals surface area contributed by atoms with E-state index >= 15 is 8.78 Å². The molecule has 0 heterocycles. The number of carbonyl (C=O) groups is 3. The van der Waals surface area contributed by atoms with Crippen molar-refractivity contribution in [3.63, 3.8) is 0 Å². The molecule has 5 fully saturated rings. The maximum absolute atomic E-state index is 17.4. The molecule has 2 bridgehead atoms. The highest BCUT2D eigenvalue weighted by molar-refractivity contribution is 6.01. The molecule has 0 radical (unpaired) electrons. The van der Waals surface area contributed by atoms with Gasteiger partial charge in [0, 0.05) is 22.7 Å². The molecule has 208 valence electrons. The van der Waals surface area contributed by atoms with Gasteiger partial charge in [-0.2, -0.15) is 0 Å². The summed E-state index contributed by atoms with van der Waals surface area (Å²) in [5.41, 5.74) is -7.98. The number of carbonyl (C=O) groups excluding carboxylic acids is 2. The summed E-state index contributed by atoms with van der Waals surface area (Å²) in [7, 11) is 0. The molecule has 0 saturated heterocycles. The van der Waals surface area contributed by atoms with E-state index in [9.17, 15) is 24.6 Å². The SMILES string of the molecule is C[C@@H]1C[C@H]2[C@@H]3C[C@H](F)C4=CC(=O)C=C[C@]4(C)C3(F)[C@@H](O)C[C@]2(C)[C@]1(OC(=O)OC12CCC(CC1)C2)C(=O)O. The Labute approximate surface area is 220 Å². The molecule has 6 aliphatic carbocycles. The standard InChI is InChI=1S/C29H36F2O7/c1-15-10-18-19-12-21(30)20-11-17(32)6-7-25(20,2)28(19,31)22(33)14-26(18,3)29(15,23(34)35)38-24(36)37-27-8-4-16(13-27)5-9-27/h6-7,11,15-16,18-19,21-22,33H,4-5,8-10,12-14H2,1-3H3,(H,34,35)/t15-,16?,18+,19+,21+,22+,25+,26+,27?,28?,29-/m1/s1. The number of ether oxygens (including phenoxy) is 2. The predicted octanol–water partition coefficient (Wildman–Crippen LogP) is 4.86. The lowest BCUT2D eigenvalue weighted by Gasteiger charge is -2.62. The van der Waals surface area contributed by atoms with Gasteiger partial charge in [-0.1, -0.05) is 19.9 Å². The number of ketones is 1. The Balaban J connectivity index is 1.38. The zero-order chi connectivity index (χ0) is 27.5. The van der Waals surface area contributed by atoms with Crippen LogP contribution in [0, 0.1) is 34.5 Å². The summed E-state index contributed by atoms with van der Waals surface area (Å²) < 4.78 is 44.6. The van der Waals surface area contributed by atoms with Gasteiger partial charge in [0.05, 0.1) is 6.10 Å². The number of hydrogen-bond donors (Lipinski definition) is 2. The topological polar surface area (TPSA) is 110 Å². The van der Waals surface area contributed by atoms with Crippen molar-refractivity contribution in [3.05, 3.63) is 23.8 Å². The first kappa shape index (κ1) is 26.0. The van der Waals surface area contributed by atoms with E-state index < -0.39 is 75.6 Å². The largest absolute Gasteiger partial charge is 0.509 e. The van der Waals surface area contributed by atoms with Gasteiger partial charge in [-0.25, -0.2) is 18.4 Å². The highest BCUT2D eigenvalue weighted by atomic mass is 19.1. The Kier molecular flexibility index (Phi) is 5.39. The highest BCUT2D eigenvalue weighted by Gasteiger charge is 2.78. The monoisotopic (exact) mass is 534 g/mol. The molecule has 0 amide bonds. The Bertz CT molecular complexity index is 1160. The van der Waals surface area contributed by atoms with Crippen molar-refractivity contribution in [1.82, 2.24) is 0 Å². The summed E-state index contributed by atoms with van der Waals surface area (Å²) in [6.45, 7) is 4.77. The maximum Gasteiger partial charge on any atom is 0.509 e. The average Bonchev–Trinajstić information content (AvgIpc) is 3.49. The van der Waals surface area contributed by atoms with Crippen molar-refractivity contribution < 1.29 is 42.9 Å². The molecule has 6 rings (SSSR count). The Hall–Kier alpha value is -2.29. The second kappa shape index (κ2) is 7.89. The van der Waals surface area contributed by atoms with Gasteiger partial charge in [-0.15, -0.1) is 0 Å². The van der Waals surface area contributed by atoms with Crippen LogP contribution in [-0.4, -0.2) is 57.3 Å². The Morgan fingerprint density at radius 2 is 1.76 bits per heavy atom. The Morgan fingerprint density at radius 1 is 1.08 bits per heavy atom. The van der Waals surface area contributed by atoms with Crippen molar-refractivity contribution >= 4 is 17.9 Å². The zero-order valence-electron chi connectivity index (χ0n) is 22.0. The normalized spacial score (nSPS) is 52.6. The van der Waals surface area contributed by atoms with Gasteiger partial charge in [0.15, 0.2) is 11.5 Å². The van der Waals surface area contributed by atoms with Crippen molar-refractivity contribution in [2.45, 2.75) is 101 Å². The number of aliphatic carboxylic acids is 1. The van der Waals surface area contributed by atoms with Crippen LogP contribution in [0.1, 0.15) is 72.1 Å². The van der Waals surface area contributed by atoms with E-state index in [1.165, 1.54) is 19.1 Å². The summed E-state index contributed by atoms with van der Waals surface area (Å²) in [6, 6.07) is 0. The smallest absolute Gasteiger partial charge is 0.478 e. The number of carboxylic acids is 1. The summed E-state index contributed by atoms with van der Waals surface area (Å²) in [5.74, 6) is -3.79. The molecule has 2 N–H and O–H groups in total. The molecule has 0 spiro atoms. The summed E-state index contributed by atoms with van der Waals surface area (Å²) in [5, 5.41) is 22.1. The fourth-order valence-corrected chi connectivity index (χ4v) is 9.85. The molecule has 38 heavy (non-hydrogen) atoms. The van der Waals surface area contributed by atoms with E-state index in [-0.39, 0.29) is 24.8 Å². The summed E-state index contributed by atoms with van der Waals surface area (Å²) in [6.07, 6.45) is 2.99. The second-order valence-electron chi connectivity index (χ2n) is 13.3. The van der Waals surface area contributed by atoms with E-state index in [4.69, 9.17) is 9.47 Å². The molecule has 9 atom stereocenters. The van der Waals surface area contributed by atoms with Crippen molar-refractivity contribution in [1.29, 1.82) is 0 Å². The van der Waals surface area contributed by atoms with Crippen LogP contribution in [0.15, 0.2) is 23.8 Å². The Morgan fingerprint density at radius 3 is 2.37 bits per heavy atom. The molecule has 0 aromatic rings. The summed E-state index contributed by atoms with van der Waals surface area (Å²) >= 11 is 0. The van der Waals surface area contributed by atoms with Gasteiger partial charge in [-0.3, -0.25) is 4.79 Å². The van der Waals surface area contributed by atoms with E-state index in [1.807, 2.05) is 0 Å². The molecular formula is C29H36F2O7. The third-order valence-electron chi connectivity index (χ3n) is 11.7. The lowest BCUT2D eigenvalue weighted by atomic mass is 9.44. The molecule has 6 aliphatic rings. The van der Waals surface area contributed by atoms with Crippen LogP contribution >= 0.6 is 0 Å². The van der Waals surface area contributed by atoms with Crippen LogP contribution in [0.2, 0.25) is 0 Å². The van der Waals surface area contributed by atoms with Crippen LogP contribution in [0.3, 0.4) is 0 Å². The molecule has 0 aromatic heterocycles. The van der Waals surface area contributed by atoms with Crippen LogP contribution in [0.4, 0.5) is 13.6 Å². The van der Waals surface area contributed by atoms with E-state index in [0.29, 0.717) is 5.92 Å². The van der Waals surface area contributed by atoms with Gasteiger partial charge in [0.25, 0.3) is 0 Å². The third kappa shape index (κ3) is 3.00. The number of allylic oxidation sites excluding steroid dienone is 4. The molecule has 5 saturated carbocycles. The van der Waals surface area contributed by atoms with Gasteiger partial charge in [0.1, 0.15) is 11.8 Å². The summed E-state index contributed by atoms with van der Waals surface area (Å²) in [4.78, 5) is 38.2. The fourth-order valence-electron chi connectivity index (χ4n) is 9.85. The van der Waals surface area contributed by atoms with Gasteiger partial charge in [0.2, 0.25) is 5.60 Å². The minimum absolute atomic E-state index is 0.00691. The van der Waals surface area contributed by atoms with E-state index in [2.05, 4.69) is 0 Å². The number of fused-ring (bicyclic) bond motifs is 7. The third-order valence-corrected chi connectivity index (χ3v) is 11.7. The number of hydrogen-bond acceptors (Lipinski definition) is 6. The maximum atomic E-state index is 17.4. The number of aliphatic hydroxyl groups is 1. The molecular weight excluding hydrogens is 498 g/mol. The van der Waals surface area contributed by atoms with Crippen molar-refractivity contribution in [2.24, 2.45) is 34.5 Å². The number of alkyl halides is 2. The zero-order valence-corrected chi connectivity index (χ0v) is 22.0. The van der Waals surface area contributed by atoms with E-state index in [0.717, 1.165) is 38.2 Å². The van der Waals surface area contributed by atoms with Crippen molar-refractivity contribution in [3.8, 4) is 0 Å². The minimum atomic E-state index is -2.33. The molecule has 1 unspecified atom stereocenters. The van der Waals surface area contributed by atoms with Gasteiger partial charge < -0.3 is 19.7 Å². The lowest BCUT2D eigenvalue weighted by molar-refractivity contribution is -0.233. The number of aliphatic hydroxyl groups excluding tert-OH is 1. The first-order chi connectivity index (χ1) is 17.7. The lowest BCUT2D eigenvalue weighted by Crippen LogP contribution is -2.71. The highest BCUT2D eigenvalue weighted by Crippen LogP contribution is 2.71. The fraction of sp³-hybridized carbons (Fsp3) is 0.759. The molecule has 9 heteroatoms. The second-order valence-corrected chi connectivity index (χ2v) is 13.3. The molecule has 0 aromatic carbocycles. The van der Waals surface area contributed by atoms with Crippen LogP contribution in [0.5, 0.6) is 0 Å². The average molecular weight is 535 g/mol. The number of halogens is 2.